The molecule has 0 N–H and O–H groups in total. The Morgan fingerprint density at radius 3 is 2.17 bits per heavy atom. The molecule has 150 valence electrons. The van der Waals surface area contributed by atoms with Crippen LogP contribution >= 0.6 is 11.6 Å². The molecule has 0 radical (unpaired) electrons. The molecule has 2 amide bonds. The van der Waals surface area contributed by atoms with Crippen molar-refractivity contribution in [1.29, 1.82) is 0 Å². The van der Waals surface area contributed by atoms with Gasteiger partial charge in [0.1, 0.15) is 5.02 Å². The number of nitro benzene ring substituents is 1. The average Bonchev–Trinajstić information content (AvgIpc) is 3.38. The van der Waals surface area contributed by atoms with E-state index >= 15 is 0 Å². The number of hydrogen-bond acceptors (Lipinski definition) is 4. The molecule has 7 heteroatoms. The second-order valence-corrected chi connectivity index (χ2v) is 8.25. The summed E-state index contributed by atoms with van der Waals surface area (Å²) in [6, 6.07) is 14.0. The lowest BCUT2D eigenvalue weighted by molar-refractivity contribution is -0.384. The zero-order chi connectivity index (χ0) is 21.2. The van der Waals surface area contributed by atoms with Crippen LogP contribution in [0.3, 0.4) is 0 Å². The fraction of sp³-hybridized carbons (Fsp3) is 0.217. The smallest absolute Gasteiger partial charge is 0.274 e. The summed E-state index contributed by atoms with van der Waals surface area (Å²) in [5.41, 5.74) is 3.17. The summed E-state index contributed by atoms with van der Waals surface area (Å²) in [5, 5.41) is 11.2. The lowest BCUT2D eigenvalue weighted by Crippen LogP contribution is -2.33. The maximum Gasteiger partial charge on any atom is 0.289 e. The van der Waals surface area contributed by atoms with E-state index in [2.05, 4.69) is 0 Å². The Labute approximate surface area is 177 Å². The molecular weight excluding hydrogens is 404 g/mol. The first-order valence-electron chi connectivity index (χ1n) is 9.66. The maximum absolute atomic E-state index is 13.3. The number of anilines is 1. The number of imide groups is 1. The van der Waals surface area contributed by atoms with Gasteiger partial charge in [-0.15, -0.1) is 0 Å². The molecule has 1 heterocycles. The van der Waals surface area contributed by atoms with Crippen LogP contribution in [0.5, 0.6) is 0 Å². The highest BCUT2D eigenvalue weighted by Gasteiger charge is 2.62. The van der Waals surface area contributed by atoms with Crippen molar-refractivity contribution in [2.24, 2.45) is 23.7 Å². The van der Waals surface area contributed by atoms with E-state index in [1.165, 1.54) is 18.2 Å². The minimum Gasteiger partial charge on any atom is -0.274 e. The number of carbonyl (C=O) groups is 2. The van der Waals surface area contributed by atoms with Crippen molar-refractivity contribution >= 4 is 40.4 Å². The van der Waals surface area contributed by atoms with Crippen molar-refractivity contribution < 1.29 is 14.5 Å². The molecule has 2 aliphatic carbocycles. The van der Waals surface area contributed by atoms with E-state index in [-0.39, 0.29) is 40.0 Å². The van der Waals surface area contributed by atoms with Gasteiger partial charge in [-0.1, -0.05) is 59.7 Å². The summed E-state index contributed by atoms with van der Waals surface area (Å²) >= 11 is 5.89. The summed E-state index contributed by atoms with van der Waals surface area (Å²) in [6.07, 6.45) is 4.04. The van der Waals surface area contributed by atoms with Gasteiger partial charge in [0, 0.05) is 17.9 Å². The molecule has 30 heavy (non-hydrogen) atoms. The molecule has 2 aromatic rings. The summed E-state index contributed by atoms with van der Waals surface area (Å²) < 4.78 is 0. The molecule has 0 spiro atoms. The van der Waals surface area contributed by atoms with Crippen LogP contribution in [-0.4, -0.2) is 16.7 Å². The molecule has 3 aliphatic rings. The SMILES string of the molecule is CC(=C1[C@H]2C=C[C@H]1[C@H]1C(=O)N(c3ccc(Cl)c([N+](=O)[O-])c3)C(=O)[C@@H]12)c1ccccc1. The molecule has 2 bridgehead atoms. The van der Waals surface area contributed by atoms with Crippen LogP contribution in [-0.2, 0) is 9.59 Å². The quantitative estimate of drug-likeness (QED) is 0.313. The highest BCUT2D eigenvalue weighted by Crippen LogP contribution is 2.58. The molecule has 6 nitrogen and oxygen atoms in total. The molecule has 2 aromatic carbocycles. The highest BCUT2D eigenvalue weighted by molar-refractivity contribution is 6.33. The van der Waals surface area contributed by atoms with Gasteiger partial charge in [-0.25, -0.2) is 4.90 Å². The number of amides is 2. The minimum atomic E-state index is -0.618. The van der Waals surface area contributed by atoms with E-state index in [4.69, 9.17) is 11.6 Å². The molecule has 4 atom stereocenters. The first kappa shape index (κ1) is 18.8. The van der Waals surface area contributed by atoms with E-state index in [1.807, 2.05) is 49.4 Å². The third-order valence-electron chi connectivity index (χ3n) is 6.44. The topological polar surface area (TPSA) is 80.5 Å². The lowest BCUT2D eigenvalue weighted by Gasteiger charge is -2.20. The minimum absolute atomic E-state index is 0.0338. The molecule has 1 aliphatic heterocycles. The summed E-state index contributed by atoms with van der Waals surface area (Å²) in [4.78, 5) is 38.3. The largest absolute Gasteiger partial charge is 0.289 e. The van der Waals surface area contributed by atoms with Crippen LogP contribution in [0.1, 0.15) is 12.5 Å². The number of fused-ring (bicyclic) bond motifs is 5. The summed E-state index contributed by atoms with van der Waals surface area (Å²) in [7, 11) is 0. The van der Waals surface area contributed by atoms with Crippen molar-refractivity contribution in [3.8, 4) is 0 Å². The Kier molecular flexibility index (Phi) is 4.15. The number of halogens is 1. The van der Waals surface area contributed by atoms with Crippen molar-refractivity contribution in [3.05, 3.63) is 87.0 Å². The van der Waals surface area contributed by atoms with Gasteiger partial charge in [0.05, 0.1) is 22.4 Å². The normalized spacial score (nSPS) is 26.5. The first-order valence-corrected chi connectivity index (χ1v) is 10.0. The van der Waals surface area contributed by atoms with Gasteiger partial charge in [-0.3, -0.25) is 19.7 Å². The fourth-order valence-electron chi connectivity index (χ4n) is 5.15. The molecule has 2 fully saturated rings. The number of rotatable bonds is 3. The predicted molar refractivity (Wildman–Crippen MR) is 113 cm³/mol. The van der Waals surface area contributed by atoms with Crippen LogP contribution in [0.25, 0.3) is 5.57 Å². The molecule has 5 rings (SSSR count). The van der Waals surface area contributed by atoms with Crippen molar-refractivity contribution in [1.82, 2.24) is 0 Å². The zero-order valence-corrected chi connectivity index (χ0v) is 16.7. The molecule has 0 aromatic heterocycles. The molecule has 0 unspecified atom stereocenters. The third kappa shape index (κ3) is 2.50. The summed E-state index contributed by atoms with van der Waals surface area (Å²) in [5.74, 6) is -1.84. The van der Waals surface area contributed by atoms with Gasteiger partial charge < -0.3 is 0 Å². The molecular formula is C23H17ClN2O4. The second kappa shape index (κ2) is 6.64. The predicted octanol–water partition coefficient (Wildman–Crippen LogP) is 4.64. The molecule has 1 saturated heterocycles. The monoisotopic (exact) mass is 420 g/mol. The first-order chi connectivity index (χ1) is 14.4. The van der Waals surface area contributed by atoms with E-state index in [0.717, 1.165) is 21.6 Å². The van der Waals surface area contributed by atoms with Gasteiger partial charge in [0.2, 0.25) is 11.8 Å². The number of allylic oxidation sites excluding steroid dienone is 4. The van der Waals surface area contributed by atoms with Gasteiger partial charge in [0.15, 0.2) is 0 Å². The van der Waals surface area contributed by atoms with Crippen molar-refractivity contribution in [2.45, 2.75) is 6.92 Å². The van der Waals surface area contributed by atoms with E-state index in [1.54, 1.807) is 0 Å². The van der Waals surface area contributed by atoms with Crippen LogP contribution in [0.2, 0.25) is 5.02 Å². The van der Waals surface area contributed by atoms with Crippen LogP contribution < -0.4 is 4.90 Å². The van der Waals surface area contributed by atoms with E-state index in [9.17, 15) is 19.7 Å². The Morgan fingerprint density at radius 2 is 1.60 bits per heavy atom. The highest BCUT2D eigenvalue weighted by atomic mass is 35.5. The number of hydrogen-bond donors (Lipinski definition) is 0. The average molecular weight is 421 g/mol. The number of nitro groups is 1. The van der Waals surface area contributed by atoms with Crippen LogP contribution in [0, 0.1) is 33.8 Å². The summed E-state index contributed by atoms with van der Waals surface area (Å²) in [6.45, 7) is 2.04. The third-order valence-corrected chi connectivity index (χ3v) is 6.76. The number of carbonyl (C=O) groups excluding carboxylic acids is 2. The Morgan fingerprint density at radius 1 is 1.00 bits per heavy atom. The van der Waals surface area contributed by atoms with E-state index in [0.29, 0.717) is 0 Å². The fourth-order valence-corrected chi connectivity index (χ4v) is 5.34. The van der Waals surface area contributed by atoms with Gasteiger partial charge >= 0.3 is 0 Å². The van der Waals surface area contributed by atoms with Gasteiger partial charge in [-0.2, -0.15) is 0 Å². The Hall–Kier alpha value is -3.25. The standard InChI is InChI=1S/C23H17ClN2O4/c1-12(13-5-3-2-4-6-13)19-15-8-9-16(19)21-20(15)22(27)25(23(21)28)14-7-10-17(24)18(11-14)26(29)30/h2-11,15-16,20-21H,1H3/t15-,16-,20-,21-/m1/s1. The number of nitrogens with zero attached hydrogens (tertiary/aromatic N) is 2. The van der Waals surface area contributed by atoms with E-state index < -0.39 is 16.8 Å². The number of benzene rings is 2. The Balaban J connectivity index is 1.54. The van der Waals surface area contributed by atoms with Gasteiger partial charge in [0.25, 0.3) is 5.69 Å². The van der Waals surface area contributed by atoms with Crippen LogP contribution in [0.4, 0.5) is 11.4 Å². The zero-order valence-electron chi connectivity index (χ0n) is 16.0. The molecule has 1 saturated carbocycles. The lowest BCUT2D eigenvalue weighted by atomic mass is 9.85. The van der Waals surface area contributed by atoms with Crippen molar-refractivity contribution in [2.75, 3.05) is 4.90 Å². The van der Waals surface area contributed by atoms with Crippen LogP contribution in [0.15, 0.2) is 66.3 Å². The second-order valence-electron chi connectivity index (χ2n) is 7.84. The van der Waals surface area contributed by atoms with Crippen molar-refractivity contribution in [3.63, 3.8) is 0 Å². The Bertz CT molecular complexity index is 1140. The maximum atomic E-state index is 13.3. The van der Waals surface area contributed by atoms with Gasteiger partial charge in [-0.05, 0) is 30.2 Å².